The van der Waals surface area contributed by atoms with Gasteiger partial charge in [0, 0.05) is 25.3 Å². The molecule has 7 N–H and O–H groups in total. The Balaban J connectivity index is 1.52. The number of rotatable bonds is 8. The van der Waals surface area contributed by atoms with Crippen LogP contribution in [0.4, 0.5) is 11.6 Å². The van der Waals surface area contributed by atoms with Crippen molar-refractivity contribution in [3.63, 3.8) is 0 Å². The molecule has 1 aliphatic rings. The van der Waals surface area contributed by atoms with Crippen LogP contribution in [-0.4, -0.2) is 53.3 Å². The fraction of sp³-hybridized carbons (Fsp3) is 0.250. The molecule has 41 heavy (non-hydrogen) atoms. The van der Waals surface area contributed by atoms with E-state index in [2.05, 4.69) is 9.97 Å². The smallest absolute Gasteiger partial charge is 0.168 e. The molecule has 5 atom stereocenters. The monoisotopic (exact) mass is 551 g/mol. The summed E-state index contributed by atoms with van der Waals surface area (Å²) < 4.78 is 8.16. The van der Waals surface area contributed by atoms with Gasteiger partial charge in [0.2, 0.25) is 0 Å². The Bertz CT molecular complexity index is 1630. The highest BCUT2D eigenvalue weighted by atomic mass is 16.6. The summed E-state index contributed by atoms with van der Waals surface area (Å²) in [5.74, 6) is 0.326. The van der Waals surface area contributed by atoms with Crippen molar-refractivity contribution < 1.29 is 20.1 Å². The van der Waals surface area contributed by atoms with Gasteiger partial charge in [-0.25, -0.2) is 9.97 Å². The van der Waals surface area contributed by atoms with Gasteiger partial charge in [-0.05, 0) is 16.7 Å². The lowest BCUT2D eigenvalue weighted by molar-refractivity contribution is -0.160. The summed E-state index contributed by atoms with van der Waals surface area (Å²) in [7, 11) is 0. The topological polar surface area (TPSA) is 153 Å². The van der Waals surface area contributed by atoms with Crippen LogP contribution in [0.2, 0.25) is 0 Å². The lowest BCUT2D eigenvalue weighted by Crippen LogP contribution is -2.62. The van der Waals surface area contributed by atoms with Gasteiger partial charge in [-0.1, -0.05) is 91.0 Å². The molecule has 5 aromatic rings. The van der Waals surface area contributed by atoms with Crippen LogP contribution in [0.3, 0.4) is 0 Å². The van der Waals surface area contributed by atoms with Crippen molar-refractivity contribution in [3.8, 4) is 0 Å². The highest BCUT2D eigenvalue weighted by molar-refractivity contribution is 5.87. The molecule has 1 unspecified atom stereocenters. The van der Waals surface area contributed by atoms with E-state index in [1.807, 2.05) is 91.0 Å². The average molecular weight is 552 g/mol. The van der Waals surface area contributed by atoms with Gasteiger partial charge in [0.25, 0.3) is 0 Å². The van der Waals surface area contributed by atoms with Crippen LogP contribution in [0.5, 0.6) is 0 Å². The molecular weight excluding hydrogens is 518 g/mol. The zero-order valence-corrected chi connectivity index (χ0v) is 22.4. The van der Waals surface area contributed by atoms with E-state index < -0.39 is 29.6 Å². The van der Waals surface area contributed by atoms with Gasteiger partial charge in [0.1, 0.15) is 28.6 Å². The number of aliphatic hydroxyl groups is 3. The quantitative estimate of drug-likeness (QED) is 0.197. The van der Waals surface area contributed by atoms with Crippen molar-refractivity contribution in [2.75, 3.05) is 11.5 Å². The number of hydrogen-bond acceptors (Lipinski definition) is 8. The van der Waals surface area contributed by atoms with Crippen LogP contribution >= 0.6 is 0 Å². The molecule has 1 aliphatic heterocycles. The molecule has 0 bridgehead atoms. The van der Waals surface area contributed by atoms with E-state index in [1.165, 1.54) is 6.33 Å². The van der Waals surface area contributed by atoms with E-state index in [1.54, 1.807) is 10.6 Å². The number of nitrogens with two attached hydrogens (primary N) is 2. The summed E-state index contributed by atoms with van der Waals surface area (Å²) in [6, 6.07) is 29.9. The number of nitrogens with zero attached hydrogens (tertiary/aromatic N) is 3. The molecule has 1 fully saturated rings. The zero-order valence-electron chi connectivity index (χ0n) is 22.4. The van der Waals surface area contributed by atoms with Gasteiger partial charge in [-0.3, -0.25) is 4.57 Å². The minimum Gasteiger partial charge on any atom is -0.390 e. The molecule has 3 aromatic carbocycles. The molecule has 2 aromatic heterocycles. The first kappa shape index (κ1) is 26.9. The van der Waals surface area contributed by atoms with Crippen molar-refractivity contribution in [2.24, 2.45) is 0 Å². The lowest BCUT2D eigenvalue weighted by atomic mass is 9.71. The summed E-state index contributed by atoms with van der Waals surface area (Å²) in [4.78, 5) is 8.65. The first-order chi connectivity index (χ1) is 19.8. The fourth-order valence-corrected chi connectivity index (χ4v) is 6.09. The number of ether oxygens (including phenoxy) is 1. The first-order valence-electron chi connectivity index (χ1n) is 13.6. The highest BCUT2D eigenvalue weighted by Crippen LogP contribution is 2.51. The summed E-state index contributed by atoms with van der Waals surface area (Å²) in [5.41, 5.74) is 11.7. The SMILES string of the molecule is Nc1cc2ncn([C@@H]3O[C@H](C(O)Cc4ccccc4)[C@](O)(Cc4ccccc4)[C@@]3(O)Cc3ccccc3)c2c(N)n1. The summed E-state index contributed by atoms with van der Waals surface area (Å²) in [6.45, 7) is 0. The van der Waals surface area contributed by atoms with Crippen LogP contribution in [-0.2, 0) is 24.0 Å². The zero-order chi connectivity index (χ0) is 28.6. The van der Waals surface area contributed by atoms with Crippen LogP contribution in [0.1, 0.15) is 22.9 Å². The van der Waals surface area contributed by atoms with E-state index in [4.69, 9.17) is 16.2 Å². The number of imidazole rings is 1. The largest absolute Gasteiger partial charge is 0.390 e. The van der Waals surface area contributed by atoms with Gasteiger partial charge in [0.05, 0.1) is 17.9 Å². The number of hydrogen-bond donors (Lipinski definition) is 5. The molecule has 6 rings (SSSR count). The third kappa shape index (κ3) is 4.83. The summed E-state index contributed by atoms with van der Waals surface area (Å²) in [5, 5.41) is 37.2. The van der Waals surface area contributed by atoms with E-state index in [-0.39, 0.29) is 30.9 Å². The summed E-state index contributed by atoms with van der Waals surface area (Å²) in [6.07, 6.45) is -1.75. The average Bonchev–Trinajstić information content (AvgIpc) is 3.47. The van der Waals surface area contributed by atoms with Gasteiger partial charge in [-0.2, -0.15) is 0 Å². The van der Waals surface area contributed by atoms with Crippen LogP contribution in [0.15, 0.2) is 103 Å². The van der Waals surface area contributed by atoms with Crippen molar-refractivity contribution >= 4 is 22.7 Å². The van der Waals surface area contributed by atoms with Gasteiger partial charge < -0.3 is 31.5 Å². The van der Waals surface area contributed by atoms with Crippen molar-refractivity contribution in [3.05, 3.63) is 120 Å². The van der Waals surface area contributed by atoms with E-state index in [0.717, 1.165) is 16.7 Å². The van der Waals surface area contributed by atoms with E-state index >= 15 is 0 Å². The molecule has 0 radical (unpaired) electrons. The number of pyridine rings is 1. The number of fused-ring (bicyclic) bond motifs is 1. The molecule has 0 aliphatic carbocycles. The molecule has 1 saturated heterocycles. The second-order valence-electron chi connectivity index (χ2n) is 10.8. The minimum atomic E-state index is -1.94. The maximum Gasteiger partial charge on any atom is 0.168 e. The second-order valence-corrected chi connectivity index (χ2v) is 10.8. The van der Waals surface area contributed by atoms with Crippen molar-refractivity contribution in [1.29, 1.82) is 0 Å². The second kappa shape index (κ2) is 10.6. The molecule has 9 heteroatoms. The number of benzene rings is 3. The van der Waals surface area contributed by atoms with E-state index in [9.17, 15) is 15.3 Å². The van der Waals surface area contributed by atoms with Crippen molar-refractivity contribution in [1.82, 2.24) is 14.5 Å². The normalized spacial score (nSPS) is 25.0. The third-order valence-corrected chi connectivity index (χ3v) is 8.03. The Morgan fingerprint density at radius 1 is 0.805 bits per heavy atom. The predicted octanol–water partition coefficient (Wildman–Crippen LogP) is 3.04. The summed E-state index contributed by atoms with van der Waals surface area (Å²) >= 11 is 0. The van der Waals surface area contributed by atoms with Gasteiger partial charge >= 0.3 is 0 Å². The van der Waals surface area contributed by atoms with Crippen LogP contribution in [0, 0.1) is 0 Å². The molecule has 0 saturated carbocycles. The molecule has 210 valence electrons. The fourth-order valence-electron chi connectivity index (χ4n) is 6.09. The van der Waals surface area contributed by atoms with E-state index in [0.29, 0.717) is 11.0 Å². The third-order valence-electron chi connectivity index (χ3n) is 8.03. The van der Waals surface area contributed by atoms with Gasteiger partial charge in [0.15, 0.2) is 12.0 Å². The van der Waals surface area contributed by atoms with Crippen LogP contribution in [0.25, 0.3) is 11.0 Å². The van der Waals surface area contributed by atoms with Crippen molar-refractivity contribution in [2.45, 2.75) is 48.9 Å². The Morgan fingerprint density at radius 2 is 1.34 bits per heavy atom. The first-order valence-corrected chi connectivity index (χ1v) is 13.6. The Labute approximate surface area is 237 Å². The Hall–Kier alpha value is -4.28. The molecular formula is C32H33N5O4. The highest BCUT2D eigenvalue weighted by Gasteiger charge is 2.67. The van der Waals surface area contributed by atoms with Crippen LogP contribution < -0.4 is 11.5 Å². The number of aliphatic hydroxyl groups excluding tert-OH is 1. The molecule has 0 amide bonds. The molecule has 3 heterocycles. The minimum absolute atomic E-state index is 0.0253. The standard InChI is InChI=1S/C32H33N5O4/c33-26-17-24-27(29(34)36-26)37(20-35-24)30-32(40,19-23-14-8-3-9-15-23)31(39,18-22-12-6-2-7-13-22)28(41-30)25(38)16-21-10-4-1-5-11-21/h1-15,17,20,25,28,30,38-40H,16,18-19H2,(H4,33,34,36)/t25?,28-,30-,31-,32-/m1/s1. The number of nitrogen functional groups attached to an aromatic ring is 2. The maximum absolute atomic E-state index is 12.8. The molecule has 9 nitrogen and oxygen atoms in total. The number of anilines is 2. The molecule has 0 spiro atoms. The lowest BCUT2D eigenvalue weighted by Gasteiger charge is -2.42. The predicted molar refractivity (Wildman–Crippen MR) is 157 cm³/mol. The Morgan fingerprint density at radius 3 is 1.93 bits per heavy atom. The Kier molecular flexibility index (Phi) is 6.96. The van der Waals surface area contributed by atoms with Gasteiger partial charge in [-0.15, -0.1) is 0 Å². The number of aromatic nitrogens is 3. The maximum atomic E-state index is 12.8.